The van der Waals surface area contributed by atoms with Crippen LogP contribution < -0.4 is 0 Å². The van der Waals surface area contributed by atoms with Gasteiger partial charge in [0.15, 0.2) is 0 Å². The molecule has 1 heteroatoms. The Kier molecular flexibility index (Phi) is 10.3. The molecule has 5 unspecified atom stereocenters. The molecule has 5 atom stereocenters. The third kappa shape index (κ3) is 7.52. The van der Waals surface area contributed by atoms with Crippen LogP contribution in [0.4, 0.5) is 0 Å². The van der Waals surface area contributed by atoms with E-state index in [1.807, 2.05) is 11.8 Å². The van der Waals surface area contributed by atoms with Gasteiger partial charge in [-0.3, -0.25) is 0 Å². The summed E-state index contributed by atoms with van der Waals surface area (Å²) in [5.74, 6) is 4.95. The van der Waals surface area contributed by atoms with Gasteiger partial charge >= 0.3 is 0 Å². The van der Waals surface area contributed by atoms with Gasteiger partial charge in [-0.05, 0) is 79.6 Å². The summed E-state index contributed by atoms with van der Waals surface area (Å²) in [7, 11) is 0. The Bertz CT molecular complexity index is 751. The molecule has 0 saturated heterocycles. The summed E-state index contributed by atoms with van der Waals surface area (Å²) < 4.78 is 0. The predicted molar refractivity (Wildman–Crippen MR) is 153 cm³/mol. The van der Waals surface area contributed by atoms with Crippen molar-refractivity contribution < 1.29 is 0 Å². The molecule has 0 aromatic heterocycles. The van der Waals surface area contributed by atoms with Gasteiger partial charge in [-0.1, -0.05) is 107 Å². The SMILES string of the molecule is C=CC1CCC(CSC(=C)c2ccccc2)CCC12CCCCCCCCCC1CC1CCC2. The molecule has 3 aliphatic rings. The van der Waals surface area contributed by atoms with Gasteiger partial charge in [0.2, 0.25) is 0 Å². The van der Waals surface area contributed by atoms with Crippen LogP contribution in [-0.2, 0) is 0 Å². The van der Waals surface area contributed by atoms with Gasteiger partial charge in [-0.2, -0.15) is 0 Å². The third-order valence-electron chi connectivity index (χ3n) is 9.66. The molecule has 1 spiro atoms. The van der Waals surface area contributed by atoms with Crippen molar-refractivity contribution in [3.8, 4) is 0 Å². The molecule has 0 heterocycles. The lowest BCUT2D eigenvalue weighted by Crippen LogP contribution is -2.29. The van der Waals surface area contributed by atoms with Crippen LogP contribution >= 0.6 is 11.8 Å². The zero-order valence-corrected chi connectivity index (χ0v) is 22.6. The number of benzene rings is 1. The number of rotatable bonds is 5. The van der Waals surface area contributed by atoms with Crippen molar-refractivity contribution in [3.63, 3.8) is 0 Å². The molecule has 0 nitrogen and oxygen atoms in total. The van der Waals surface area contributed by atoms with Crippen LogP contribution in [0.3, 0.4) is 0 Å². The highest BCUT2D eigenvalue weighted by Crippen LogP contribution is 2.52. The van der Waals surface area contributed by atoms with Gasteiger partial charge in [-0.25, -0.2) is 0 Å². The summed E-state index contributed by atoms with van der Waals surface area (Å²) in [4.78, 5) is 1.24. The maximum absolute atomic E-state index is 4.39. The van der Waals surface area contributed by atoms with Crippen LogP contribution in [-0.4, -0.2) is 5.75 Å². The van der Waals surface area contributed by atoms with Crippen molar-refractivity contribution in [2.75, 3.05) is 5.75 Å². The average molecular weight is 479 g/mol. The van der Waals surface area contributed by atoms with Gasteiger partial charge in [0.05, 0.1) is 0 Å². The van der Waals surface area contributed by atoms with Crippen molar-refractivity contribution in [1.82, 2.24) is 0 Å². The first-order chi connectivity index (χ1) is 16.7. The fraction of sp³-hybridized carbons (Fsp3) is 0.697. The van der Waals surface area contributed by atoms with Crippen molar-refractivity contribution in [2.45, 2.75) is 109 Å². The number of hydrogen-bond donors (Lipinski definition) is 0. The minimum Gasteiger partial charge on any atom is -0.126 e. The minimum atomic E-state index is 0.530. The fourth-order valence-corrected chi connectivity index (χ4v) is 8.32. The van der Waals surface area contributed by atoms with E-state index in [4.69, 9.17) is 0 Å². The normalized spacial score (nSPS) is 33.6. The molecule has 3 saturated carbocycles. The molecule has 0 radical (unpaired) electrons. The Labute approximate surface area is 215 Å². The Hall–Kier alpha value is -0.950. The highest BCUT2D eigenvalue weighted by atomic mass is 32.2. The van der Waals surface area contributed by atoms with Gasteiger partial charge in [0.25, 0.3) is 0 Å². The summed E-state index contributed by atoms with van der Waals surface area (Å²) in [6.45, 7) is 8.77. The van der Waals surface area contributed by atoms with Crippen molar-refractivity contribution in [3.05, 3.63) is 55.1 Å². The monoisotopic (exact) mass is 478 g/mol. The van der Waals surface area contributed by atoms with E-state index in [0.29, 0.717) is 5.41 Å². The van der Waals surface area contributed by atoms with Crippen LogP contribution in [0.2, 0.25) is 0 Å². The summed E-state index contributed by atoms with van der Waals surface area (Å²) >= 11 is 2.00. The van der Waals surface area contributed by atoms with Crippen molar-refractivity contribution in [1.29, 1.82) is 0 Å². The van der Waals surface area contributed by atoms with Crippen LogP contribution in [0.25, 0.3) is 4.91 Å². The predicted octanol–water partition coefficient (Wildman–Crippen LogP) is 10.7. The fourth-order valence-electron chi connectivity index (χ4n) is 7.25. The van der Waals surface area contributed by atoms with E-state index in [0.717, 1.165) is 23.7 Å². The maximum Gasteiger partial charge on any atom is 0.00726 e. The van der Waals surface area contributed by atoms with Crippen molar-refractivity contribution in [2.24, 2.45) is 29.1 Å². The molecule has 34 heavy (non-hydrogen) atoms. The maximum atomic E-state index is 4.39. The number of allylic oxidation sites excluding steroid dienone is 1. The summed E-state index contributed by atoms with van der Waals surface area (Å²) in [5, 5.41) is 0. The second kappa shape index (κ2) is 13.4. The quantitative estimate of drug-likeness (QED) is 0.379. The van der Waals surface area contributed by atoms with Gasteiger partial charge in [0.1, 0.15) is 0 Å². The standard InChI is InChI=1S/C33H50S/c1-3-32-20-19-28(26-34-27(2)29-15-11-9-12-16-29)21-24-33(32)22-13-8-6-4-5-7-10-17-30-25-31(30)18-14-23-33/h3,9,11-12,15-16,28,30-32H,1-2,4-8,10,13-14,17-26H2. The smallest absolute Gasteiger partial charge is 0.00726 e. The zero-order valence-electron chi connectivity index (χ0n) is 21.8. The lowest BCUT2D eigenvalue weighted by Gasteiger charge is -2.39. The van der Waals surface area contributed by atoms with E-state index in [9.17, 15) is 0 Å². The molecular weight excluding hydrogens is 428 g/mol. The van der Waals surface area contributed by atoms with Crippen LogP contribution in [0, 0.1) is 29.1 Å². The van der Waals surface area contributed by atoms with E-state index in [1.165, 1.54) is 119 Å². The first kappa shape index (κ1) is 26.1. The molecule has 3 fully saturated rings. The van der Waals surface area contributed by atoms with E-state index < -0.39 is 0 Å². The Morgan fingerprint density at radius 3 is 2.24 bits per heavy atom. The Balaban J connectivity index is 1.36. The summed E-state index contributed by atoms with van der Waals surface area (Å²) in [5.41, 5.74) is 1.82. The lowest BCUT2D eigenvalue weighted by molar-refractivity contribution is 0.136. The molecular formula is C33H50S. The molecule has 1 aromatic rings. The lowest BCUT2D eigenvalue weighted by atomic mass is 9.65. The molecule has 0 bridgehead atoms. The highest BCUT2D eigenvalue weighted by Gasteiger charge is 2.40. The molecule has 0 amide bonds. The van der Waals surface area contributed by atoms with Crippen LogP contribution in [0.15, 0.2) is 49.6 Å². The Morgan fingerprint density at radius 2 is 1.47 bits per heavy atom. The number of thioether (sulfide) groups is 1. The molecule has 4 rings (SSSR count). The topological polar surface area (TPSA) is 0 Å². The van der Waals surface area contributed by atoms with E-state index >= 15 is 0 Å². The van der Waals surface area contributed by atoms with E-state index in [2.05, 4.69) is 49.6 Å². The second-order valence-electron chi connectivity index (χ2n) is 11.9. The number of fused-ring (bicyclic) bond motifs is 1. The zero-order chi connectivity index (χ0) is 23.6. The summed E-state index contributed by atoms with van der Waals surface area (Å²) in [6, 6.07) is 10.8. The van der Waals surface area contributed by atoms with Crippen LogP contribution in [0.5, 0.6) is 0 Å². The first-order valence-corrected chi connectivity index (χ1v) is 15.7. The second-order valence-corrected chi connectivity index (χ2v) is 13.1. The highest BCUT2D eigenvalue weighted by molar-refractivity contribution is 8.08. The molecule has 188 valence electrons. The number of hydrogen-bond acceptors (Lipinski definition) is 1. The largest absolute Gasteiger partial charge is 0.126 e. The van der Waals surface area contributed by atoms with Gasteiger partial charge < -0.3 is 0 Å². The summed E-state index contributed by atoms with van der Waals surface area (Å²) in [6.07, 6.45) is 27.2. The van der Waals surface area contributed by atoms with Gasteiger partial charge in [-0.15, -0.1) is 18.3 Å². The van der Waals surface area contributed by atoms with Crippen molar-refractivity contribution >= 4 is 16.7 Å². The first-order valence-electron chi connectivity index (χ1n) is 14.7. The van der Waals surface area contributed by atoms with E-state index in [1.54, 1.807) is 6.42 Å². The van der Waals surface area contributed by atoms with Crippen LogP contribution in [0.1, 0.15) is 115 Å². The molecule has 0 N–H and O–H groups in total. The van der Waals surface area contributed by atoms with Gasteiger partial charge in [0, 0.05) is 10.7 Å². The van der Waals surface area contributed by atoms with E-state index in [-0.39, 0.29) is 0 Å². The average Bonchev–Trinajstić information content (AvgIpc) is 3.64. The molecule has 1 aromatic carbocycles. The molecule has 0 aliphatic heterocycles. The molecule has 3 aliphatic carbocycles. The minimum absolute atomic E-state index is 0.530. The third-order valence-corrected chi connectivity index (χ3v) is 10.9. The Morgan fingerprint density at radius 1 is 0.794 bits per heavy atom.